The van der Waals surface area contributed by atoms with Gasteiger partial charge in [-0.1, -0.05) is 19.9 Å². The molecule has 3 saturated carbocycles. The highest BCUT2D eigenvalue weighted by molar-refractivity contribution is 7.59. The van der Waals surface area contributed by atoms with E-state index in [4.69, 9.17) is 23.5 Å². The van der Waals surface area contributed by atoms with Crippen LogP contribution in [0.15, 0.2) is 12.1 Å². The molecule has 0 unspecified atom stereocenters. The van der Waals surface area contributed by atoms with Crippen LogP contribution in [0.1, 0.15) is 103 Å². The topological polar surface area (TPSA) is 124 Å². The molecule has 0 aromatic heterocycles. The van der Waals surface area contributed by atoms with Crippen LogP contribution in [0, 0.1) is 24.2 Å². The number of hydrogen-bond acceptors (Lipinski definition) is 9. The minimum atomic E-state index is -0.804. The molecule has 0 radical (unpaired) electrons. The van der Waals surface area contributed by atoms with Crippen molar-refractivity contribution < 1.29 is 43.0 Å². The van der Waals surface area contributed by atoms with Gasteiger partial charge in [-0.05, 0) is 115 Å². The van der Waals surface area contributed by atoms with E-state index in [-0.39, 0.29) is 89.3 Å². The Labute approximate surface area is 317 Å². The maximum absolute atomic E-state index is 13.6. The molecule has 3 aliphatic carbocycles. The Hall–Kier alpha value is -2.13. The molecule has 2 bridgehead atoms. The summed E-state index contributed by atoms with van der Waals surface area (Å²) in [7, 11) is -0.295. The third-order valence-corrected chi connectivity index (χ3v) is 11.4. The van der Waals surface area contributed by atoms with E-state index in [1.807, 2.05) is 39.8 Å². The van der Waals surface area contributed by atoms with E-state index < -0.39 is 35.4 Å². The minimum Gasteiger partial charge on any atom is -0.486 e. The zero-order chi connectivity index (χ0) is 35.8. The van der Waals surface area contributed by atoms with E-state index in [2.05, 4.69) is 20.8 Å². The first-order valence-corrected chi connectivity index (χ1v) is 18.0. The van der Waals surface area contributed by atoms with Crippen molar-refractivity contribution in [1.29, 1.82) is 0 Å². The van der Waals surface area contributed by atoms with Gasteiger partial charge in [0.1, 0.15) is 34.7 Å². The summed E-state index contributed by atoms with van der Waals surface area (Å²) in [4.78, 5) is 42.8. The average Bonchev–Trinajstić information content (AvgIpc) is 3.51. The zero-order valence-corrected chi connectivity index (χ0v) is 34.0. The van der Waals surface area contributed by atoms with Crippen LogP contribution in [0.4, 0.5) is 4.79 Å². The predicted octanol–water partition coefficient (Wildman–Crippen LogP) is 5.41. The van der Waals surface area contributed by atoms with Gasteiger partial charge in [-0.15, -0.1) is 0 Å². The van der Waals surface area contributed by atoms with E-state index in [1.54, 1.807) is 25.7 Å². The fourth-order valence-corrected chi connectivity index (χ4v) is 8.68. The van der Waals surface area contributed by atoms with E-state index in [0.29, 0.717) is 35.9 Å². The van der Waals surface area contributed by atoms with Crippen LogP contribution in [0.25, 0.3) is 0 Å². The Morgan fingerprint density at radius 1 is 0.961 bits per heavy atom. The maximum Gasteiger partial charge on any atom is 0.457 e. The highest BCUT2D eigenvalue weighted by Gasteiger charge is 2.67. The Morgan fingerprint density at radius 2 is 1.61 bits per heavy atom. The number of esters is 1. The van der Waals surface area contributed by atoms with Gasteiger partial charge in [0.25, 0.3) is 0 Å². The molecule has 3 aliphatic heterocycles. The van der Waals surface area contributed by atoms with Crippen molar-refractivity contribution in [1.82, 2.24) is 9.80 Å². The summed E-state index contributed by atoms with van der Waals surface area (Å²) in [6.45, 7) is 20.3. The smallest absolute Gasteiger partial charge is 0.457 e. The number of aliphatic hydroxyl groups excluding tert-OH is 1. The Balaban J connectivity index is 0.00000292. The number of rotatable bonds is 7. The van der Waals surface area contributed by atoms with Gasteiger partial charge < -0.3 is 33.5 Å². The molecule has 286 valence electrons. The first-order chi connectivity index (χ1) is 22.7. The van der Waals surface area contributed by atoms with Crippen molar-refractivity contribution in [3.63, 3.8) is 0 Å². The number of carbonyl (C=O) groups excluding carboxylic acids is 3. The third kappa shape index (κ3) is 8.20. The number of aliphatic hydroxyl groups is 1. The van der Waals surface area contributed by atoms with Crippen LogP contribution >= 0.6 is 27.0 Å². The summed E-state index contributed by atoms with van der Waals surface area (Å²) in [5, 5.41) is 10.3. The van der Waals surface area contributed by atoms with Gasteiger partial charge >= 0.3 is 19.2 Å². The van der Waals surface area contributed by atoms with Gasteiger partial charge in [0.05, 0.1) is 37.4 Å². The highest BCUT2D eigenvalue weighted by atomic mass is 32.1. The van der Waals surface area contributed by atoms with Gasteiger partial charge in [-0.25, -0.2) is 9.59 Å². The first kappa shape index (κ1) is 41.6. The lowest BCUT2D eigenvalue weighted by atomic mass is 9.43. The Morgan fingerprint density at radius 3 is 2.22 bits per heavy atom. The number of likely N-dealkylation sites (tertiary alicyclic amines) is 2. The van der Waals surface area contributed by atoms with Crippen molar-refractivity contribution in [3.8, 4) is 5.75 Å². The summed E-state index contributed by atoms with van der Waals surface area (Å²) in [6.07, 6.45) is 2.09. The molecule has 7 rings (SSSR count). The van der Waals surface area contributed by atoms with Gasteiger partial charge in [-0.2, -0.15) is 27.0 Å². The van der Waals surface area contributed by atoms with Gasteiger partial charge in [0, 0.05) is 6.42 Å². The molecule has 6 aliphatic rings. The molecule has 14 heteroatoms. The number of nitrogens with zero attached hydrogens (tertiary/aromatic N) is 2. The summed E-state index contributed by atoms with van der Waals surface area (Å²) in [5.41, 5.74) is 0.760. The molecule has 11 nitrogen and oxygen atoms in total. The lowest BCUT2D eigenvalue weighted by Gasteiger charge is -2.64. The fourth-order valence-electron chi connectivity index (χ4n) is 8.68. The van der Waals surface area contributed by atoms with E-state index in [1.165, 1.54) is 11.3 Å². The predicted molar refractivity (Wildman–Crippen MR) is 204 cm³/mol. The van der Waals surface area contributed by atoms with Crippen LogP contribution < -0.4 is 4.74 Å². The summed E-state index contributed by atoms with van der Waals surface area (Å²) in [5.74, 6) is 0.876. The van der Waals surface area contributed by atoms with Crippen LogP contribution in [-0.4, -0.2) is 101 Å². The highest BCUT2D eigenvalue weighted by Crippen LogP contribution is 2.65. The monoisotopic (exact) mass is 750 g/mol. The van der Waals surface area contributed by atoms with E-state index >= 15 is 0 Å². The first-order valence-electron chi connectivity index (χ1n) is 18.0. The van der Waals surface area contributed by atoms with Crippen LogP contribution in [-0.2, 0) is 30.0 Å². The Bertz CT molecular complexity index is 1490. The number of hydrogen-bond donors (Lipinski definition) is 1. The van der Waals surface area contributed by atoms with Crippen molar-refractivity contribution in [3.05, 3.63) is 28.8 Å². The SMILES string of the molecule is Cc1c(CCB2O[C@@H]3C[C@@H]4C[C@@H](C4(C)C)[C@]3(C)O2)ccc(OC2CN(C(=O)[C@@H]3C[C@H](O)CN3C(=O)OC(C)(C)C)C2)c1C(=O)OC(C)(C)C.S.S. The average molecular weight is 751 g/mol. The van der Waals surface area contributed by atoms with Crippen molar-refractivity contribution in [2.75, 3.05) is 19.6 Å². The standard InChI is InChI=1S/C37H55BN2O9.2H2S/c1-21-22(13-14-38-48-29-16-23-15-28(36(23,8)9)37(29,10)49-38)11-12-27(30(21)32(43)46-34(2,3)4)45-25-19-39(20-25)31(42)26-17-24(41)18-40(26)33(44)47-35(5,6)7;;/h11-12,23-26,28-29,41H,13-20H2,1-10H3;2*1H2/t23-,24-,26-,28-,29+,37-;;/m0../s1. The van der Waals surface area contributed by atoms with Crippen molar-refractivity contribution >= 4 is 52.1 Å². The van der Waals surface area contributed by atoms with Crippen LogP contribution in [0.5, 0.6) is 5.75 Å². The van der Waals surface area contributed by atoms with Crippen molar-refractivity contribution in [2.45, 2.75) is 142 Å². The molecule has 1 aromatic rings. The normalized spacial score (nSPS) is 29.5. The number of ether oxygens (including phenoxy) is 3. The molecule has 3 heterocycles. The third-order valence-electron chi connectivity index (χ3n) is 11.4. The number of amides is 2. The quantitative estimate of drug-likeness (QED) is 0.288. The van der Waals surface area contributed by atoms with Crippen molar-refractivity contribution in [2.24, 2.45) is 17.3 Å². The molecule has 3 saturated heterocycles. The molecule has 6 atom stereocenters. The second-order valence-electron chi connectivity index (χ2n) is 17.7. The lowest BCUT2D eigenvalue weighted by molar-refractivity contribution is -0.199. The number of β-amino-alcohol motifs (C(OH)–C–C–N with tert-alkyl or cyclic N) is 1. The second kappa shape index (κ2) is 14.6. The van der Waals surface area contributed by atoms with Gasteiger partial charge in [0.2, 0.25) is 5.91 Å². The Kier molecular flexibility index (Phi) is 11.9. The minimum absolute atomic E-state index is 0. The molecule has 51 heavy (non-hydrogen) atoms. The van der Waals surface area contributed by atoms with Crippen LogP contribution in [0.2, 0.25) is 6.32 Å². The molecule has 6 fully saturated rings. The second-order valence-corrected chi connectivity index (χ2v) is 17.7. The lowest BCUT2D eigenvalue weighted by Crippen LogP contribution is -2.65. The summed E-state index contributed by atoms with van der Waals surface area (Å²) in [6, 6.07) is 3.00. The van der Waals surface area contributed by atoms with E-state index in [9.17, 15) is 19.5 Å². The summed E-state index contributed by atoms with van der Waals surface area (Å²) < 4.78 is 30.8. The molecule has 1 N–H and O–H groups in total. The molecule has 1 aromatic carbocycles. The maximum atomic E-state index is 13.6. The zero-order valence-electron chi connectivity index (χ0n) is 32.0. The molecule has 0 spiro atoms. The molecular formula is C37H59BN2O9S2. The number of aryl methyl sites for hydroxylation is 1. The van der Waals surface area contributed by atoms with E-state index in [0.717, 1.165) is 17.5 Å². The molecular weight excluding hydrogens is 691 g/mol. The fraction of sp³-hybridized carbons (Fsp3) is 0.757. The summed E-state index contributed by atoms with van der Waals surface area (Å²) >= 11 is 0. The van der Waals surface area contributed by atoms with Gasteiger partial charge in [-0.3, -0.25) is 9.69 Å². The van der Waals surface area contributed by atoms with Crippen LogP contribution in [0.3, 0.4) is 0 Å². The largest absolute Gasteiger partial charge is 0.486 e. The molecule has 2 amide bonds. The number of carbonyl (C=O) groups is 3. The van der Waals surface area contributed by atoms with Gasteiger partial charge in [0.15, 0.2) is 0 Å². The number of benzene rings is 1.